The summed E-state index contributed by atoms with van der Waals surface area (Å²) in [6.07, 6.45) is 20.2. The monoisotopic (exact) mass is 314 g/mol. The van der Waals surface area contributed by atoms with Gasteiger partial charge in [0.25, 0.3) is 0 Å². The lowest BCUT2D eigenvalue weighted by Crippen LogP contribution is -2.56. The summed E-state index contributed by atoms with van der Waals surface area (Å²) in [5.74, 6) is 3.99. The Morgan fingerprint density at radius 1 is 0.870 bits per heavy atom. The average molecular weight is 315 g/mol. The van der Waals surface area contributed by atoms with E-state index in [2.05, 4.69) is 19.9 Å². The standard InChI is InChI=1S/C22H34O/c1-20-11-4-3-6-16(20)7-8-17-18(20)9-13-21(2)19(17)10-14-22(21)12-5-15-23-22/h5,15-19H,3-4,6-14H2,1-2H3/t16?,17-,18+,19+,20+,21+,22?/m1/s1. The molecule has 5 aliphatic rings. The number of fused-ring (bicyclic) bond motifs is 6. The average Bonchev–Trinajstić information content (AvgIpc) is 3.14. The number of rotatable bonds is 0. The number of hydrogen-bond donors (Lipinski definition) is 0. The van der Waals surface area contributed by atoms with Crippen molar-refractivity contribution in [1.29, 1.82) is 0 Å². The first kappa shape index (κ1) is 14.8. The smallest absolute Gasteiger partial charge is 0.117 e. The van der Waals surface area contributed by atoms with Gasteiger partial charge in [0, 0.05) is 11.8 Å². The minimum atomic E-state index is 0.174. The summed E-state index contributed by atoms with van der Waals surface area (Å²) in [6.45, 7) is 5.29. The summed E-state index contributed by atoms with van der Waals surface area (Å²) in [7, 11) is 0. The van der Waals surface area contributed by atoms with E-state index in [4.69, 9.17) is 4.74 Å². The van der Waals surface area contributed by atoms with Crippen LogP contribution in [-0.4, -0.2) is 5.60 Å². The van der Waals surface area contributed by atoms with Gasteiger partial charge in [-0.25, -0.2) is 0 Å². The number of hydrogen-bond acceptors (Lipinski definition) is 1. The summed E-state index contributed by atoms with van der Waals surface area (Å²) < 4.78 is 6.30. The van der Waals surface area contributed by atoms with Crippen molar-refractivity contribution in [2.45, 2.75) is 90.1 Å². The van der Waals surface area contributed by atoms with E-state index < -0.39 is 0 Å². The molecule has 0 aromatic heterocycles. The predicted molar refractivity (Wildman–Crippen MR) is 93.9 cm³/mol. The maximum absolute atomic E-state index is 6.30. The van der Waals surface area contributed by atoms with Crippen LogP contribution in [0, 0.1) is 34.5 Å². The van der Waals surface area contributed by atoms with Crippen LogP contribution >= 0.6 is 0 Å². The van der Waals surface area contributed by atoms with E-state index in [0.717, 1.165) is 23.7 Å². The fraction of sp³-hybridized carbons (Fsp3) is 0.909. The highest BCUT2D eigenvalue weighted by atomic mass is 16.5. The van der Waals surface area contributed by atoms with Gasteiger partial charge in [-0.3, -0.25) is 0 Å². The van der Waals surface area contributed by atoms with E-state index in [1.165, 1.54) is 70.6 Å². The first-order valence-corrected chi connectivity index (χ1v) is 10.4. The molecular formula is C22H34O. The summed E-state index contributed by atoms with van der Waals surface area (Å²) >= 11 is 0. The van der Waals surface area contributed by atoms with Crippen molar-refractivity contribution in [3.05, 3.63) is 12.3 Å². The highest BCUT2D eigenvalue weighted by Gasteiger charge is 2.65. The van der Waals surface area contributed by atoms with Crippen molar-refractivity contribution in [2.24, 2.45) is 34.5 Å². The Kier molecular flexibility index (Phi) is 3.09. The lowest BCUT2D eigenvalue weighted by atomic mass is 9.44. The predicted octanol–water partition coefficient (Wildman–Crippen LogP) is 6.09. The maximum atomic E-state index is 6.30. The summed E-state index contributed by atoms with van der Waals surface area (Å²) in [4.78, 5) is 0. The SMILES string of the molecule is C[C@]12CCCCC1CC[C@@H]1[C@@H]2CC[C@@]2(C)[C@H]1CCC21CC=CO1. The van der Waals surface area contributed by atoms with Crippen LogP contribution in [0.3, 0.4) is 0 Å². The van der Waals surface area contributed by atoms with E-state index in [1.807, 2.05) is 6.26 Å². The highest BCUT2D eigenvalue weighted by Crippen LogP contribution is 2.69. The Morgan fingerprint density at radius 2 is 1.74 bits per heavy atom. The van der Waals surface area contributed by atoms with E-state index in [9.17, 15) is 0 Å². The van der Waals surface area contributed by atoms with Crippen LogP contribution in [0.15, 0.2) is 12.3 Å². The van der Waals surface area contributed by atoms with Gasteiger partial charge in [0.05, 0.1) is 6.26 Å². The van der Waals surface area contributed by atoms with Gasteiger partial charge in [-0.1, -0.05) is 26.7 Å². The third-order valence-electron chi connectivity index (χ3n) is 9.71. The maximum Gasteiger partial charge on any atom is 0.117 e. The lowest BCUT2D eigenvalue weighted by molar-refractivity contribution is -0.147. The molecule has 0 amide bonds. The second kappa shape index (κ2) is 4.79. The molecule has 2 unspecified atom stereocenters. The zero-order chi connectivity index (χ0) is 15.7. The van der Waals surface area contributed by atoms with Crippen molar-refractivity contribution in [1.82, 2.24) is 0 Å². The molecule has 1 spiro atoms. The molecule has 0 N–H and O–H groups in total. The molecule has 0 bridgehead atoms. The fourth-order valence-corrected chi connectivity index (χ4v) is 8.38. The number of ether oxygens (including phenoxy) is 1. The van der Waals surface area contributed by atoms with Gasteiger partial charge in [0.1, 0.15) is 5.60 Å². The van der Waals surface area contributed by atoms with Gasteiger partial charge >= 0.3 is 0 Å². The first-order chi connectivity index (χ1) is 11.1. The minimum Gasteiger partial charge on any atom is -0.494 e. The van der Waals surface area contributed by atoms with E-state index >= 15 is 0 Å². The van der Waals surface area contributed by atoms with Crippen molar-refractivity contribution in [3.63, 3.8) is 0 Å². The normalized spacial score (nSPS) is 57.7. The molecule has 23 heavy (non-hydrogen) atoms. The molecule has 5 rings (SSSR count). The van der Waals surface area contributed by atoms with Gasteiger partial charge in [-0.05, 0) is 86.5 Å². The molecule has 1 aliphatic heterocycles. The van der Waals surface area contributed by atoms with Crippen LogP contribution < -0.4 is 0 Å². The van der Waals surface area contributed by atoms with Gasteiger partial charge in [-0.15, -0.1) is 0 Å². The van der Waals surface area contributed by atoms with E-state index in [-0.39, 0.29) is 5.60 Å². The second-order valence-electron chi connectivity index (χ2n) is 10.1. The summed E-state index contributed by atoms with van der Waals surface area (Å²) in [5.41, 5.74) is 1.29. The zero-order valence-corrected chi connectivity index (χ0v) is 15.2. The molecule has 0 aromatic carbocycles. The molecule has 0 aromatic rings. The fourth-order valence-electron chi connectivity index (χ4n) is 8.38. The zero-order valence-electron chi connectivity index (χ0n) is 15.2. The molecular weight excluding hydrogens is 280 g/mol. The topological polar surface area (TPSA) is 9.23 Å². The molecule has 4 saturated carbocycles. The van der Waals surface area contributed by atoms with Crippen molar-refractivity contribution in [2.75, 3.05) is 0 Å². The Balaban J connectivity index is 1.47. The van der Waals surface area contributed by atoms with Crippen LogP contribution in [0.5, 0.6) is 0 Å². The summed E-state index contributed by atoms with van der Waals surface area (Å²) in [6, 6.07) is 0. The molecule has 1 heteroatoms. The Bertz CT molecular complexity index is 514. The van der Waals surface area contributed by atoms with Crippen molar-refractivity contribution >= 4 is 0 Å². The van der Waals surface area contributed by atoms with Gasteiger partial charge < -0.3 is 4.74 Å². The molecule has 128 valence electrons. The molecule has 4 fully saturated rings. The van der Waals surface area contributed by atoms with Gasteiger partial charge in [0.15, 0.2) is 0 Å². The third kappa shape index (κ3) is 1.75. The van der Waals surface area contributed by atoms with Crippen LogP contribution in [0.25, 0.3) is 0 Å². The molecule has 4 aliphatic carbocycles. The van der Waals surface area contributed by atoms with Crippen LogP contribution in [0.1, 0.15) is 84.5 Å². The lowest BCUT2D eigenvalue weighted by Gasteiger charge is -2.61. The van der Waals surface area contributed by atoms with Crippen molar-refractivity contribution in [3.8, 4) is 0 Å². The molecule has 1 nitrogen and oxygen atoms in total. The van der Waals surface area contributed by atoms with Crippen LogP contribution in [-0.2, 0) is 4.74 Å². The van der Waals surface area contributed by atoms with Crippen LogP contribution in [0.2, 0.25) is 0 Å². The van der Waals surface area contributed by atoms with Crippen molar-refractivity contribution < 1.29 is 4.74 Å². The Hall–Kier alpha value is -0.460. The minimum absolute atomic E-state index is 0.174. The Labute approximate surface area is 142 Å². The first-order valence-electron chi connectivity index (χ1n) is 10.4. The Morgan fingerprint density at radius 3 is 2.57 bits per heavy atom. The molecule has 1 heterocycles. The molecule has 7 atom stereocenters. The second-order valence-corrected chi connectivity index (χ2v) is 10.1. The molecule has 0 radical (unpaired) electrons. The largest absolute Gasteiger partial charge is 0.494 e. The van der Waals surface area contributed by atoms with E-state index in [0.29, 0.717) is 10.8 Å². The van der Waals surface area contributed by atoms with Gasteiger partial charge in [-0.2, -0.15) is 0 Å². The quantitative estimate of drug-likeness (QED) is 0.525. The van der Waals surface area contributed by atoms with Crippen LogP contribution in [0.4, 0.5) is 0 Å². The van der Waals surface area contributed by atoms with E-state index in [1.54, 1.807) is 0 Å². The highest BCUT2D eigenvalue weighted by molar-refractivity contribution is 5.18. The molecule has 0 saturated heterocycles. The van der Waals surface area contributed by atoms with Gasteiger partial charge in [0.2, 0.25) is 0 Å². The summed E-state index contributed by atoms with van der Waals surface area (Å²) in [5, 5.41) is 0. The third-order valence-corrected chi connectivity index (χ3v) is 9.71.